The minimum atomic E-state index is -3.07. The van der Waals surface area contributed by atoms with E-state index >= 15 is 0 Å². The molecule has 5 nitrogen and oxygen atoms in total. The highest BCUT2D eigenvalue weighted by molar-refractivity contribution is 7.91. The molecular weight excluding hydrogens is 370 g/mol. The van der Waals surface area contributed by atoms with Gasteiger partial charge in [-0.2, -0.15) is 0 Å². The van der Waals surface area contributed by atoms with Gasteiger partial charge in [0.05, 0.1) is 18.1 Å². The minimum absolute atomic E-state index is 0.0352. The lowest BCUT2D eigenvalue weighted by Crippen LogP contribution is -2.43. The lowest BCUT2D eigenvalue weighted by Gasteiger charge is -2.28. The molecule has 1 atom stereocenters. The molecule has 140 valence electrons. The first-order valence-electron chi connectivity index (χ1n) is 8.57. The Morgan fingerprint density at radius 1 is 1.23 bits per heavy atom. The molecular formula is C19H23NO4S2. The van der Waals surface area contributed by atoms with Gasteiger partial charge in [-0.25, -0.2) is 8.42 Å². The van der Waals surface area contributed by atoms with Crippen LogP contribution in [0.1, 0.15) is 22.4 Å². The summed E-state index contributed by atoms with van der Waals surface area (Å²) in [6.07, 6.45) is 0.489. The molecule has 7 heteroatoms. The second-order valence-electron chi connectivity index (χ2n) is 6.66. The van der Waals surface area contributed by atoms with Crippen LogP contribution in [0.25, 0.3) is 0 Å². The predicted molar refractivity (Wildman–Crippen MR) is 103 cm³/mol. The SMILES string of the molecule is Cc1ccccc1OCC(=O)N(Cc1sccc1C)C1CCS(=O)(=O)C1. The molecule has 0 spiro atoms. The fourth-order valence-electron chi connectivity index (χ4n) is 3.10. The van der Waals surface area contributed by atoms with Crippen molar-refractivity contribution in [3.05, 3.63) is 51.7 Å². The summed E-state index contributed by atoms with van der Waals surface area (Å²) in [4.78, 5) is 15.6. The number of benzene rings is 1. The predicted octanol–water partition coefficient (Wildman–Crippen LogP) is 2.96. The summed E-state index contributed by atoms with van der Waals surface area (Å²) in [6.45, 7) is 4.27. The average Bonchev–Trinajstić information content (AvgIpc) is 3.16. The Labute approximate surface area is 158 Å². The van der Waals surface area contributed by atoms with Crippen molar-refractivity contribution in [3.63, 3.8) is 0 Å². The molecule has 0 radical (unpaired) electrons. The molecule has 0 bridgehead atoms. The van der Waals surface area contributed by atoms with Gasteiger partial charge in [0.25, 0.3) is 5.91 Å². The molecule has 2 heterocycles. The van der Waals surface area contributed by atoms with E-state index in [2.05, 4.69) is 0 Å². The molecule has 1 aliphatic rings. The first-order valence-corrected chi connectivity index (χ1v) is 11.3. The van der Waals surface area contributed by atoms with Crippen LogP contribution in [0.4, 0.5) is 0 Å². The maximum atomic E-state index is 12.9. The molecule has 1 unspecified atom stereocenters. The van der Waals surface area contributed by atoms with E-state index in [4.69, 9.17) is 4.74 Å². The number of hydrogen-bond acceptors (Lipinski definition) is 5. The van der Waals surface area contributed by atoms with Crippen molar-refractivity contribution in [2.45, 2.75) is 32.9 Å². The molecule has 1 aliphatic heterocycles. The van der Waals surface area contributed by atoms with Gasteiger partial charge in [-0.1, -0.05) is 18.2 Å². The molecule has 0 aliphatic carbocycles. The van der Waals surface area contributed by atoms with Gasteiger partial charge >= 0.3 is 0 Å². The Balaban J connectivity index is 1.75. The number of aryl methyl sites for hydroxylation is 2. The Morgan fingerprint density at radius 2 is 2.00 bits per heavy atom. The van der Waals surface area contributed by atoms with Gasteiger partial charge in [0.2, 0.25) is 0 Å². The number of sulfone groups is 1. The molecule has 1 saturated heterocycles. The number of para-hydroxylation sites is 1. The standard InChI is InChI=1S/C19H23NO4S2/c1-14-5-3-4-6-17(14)24-12-19(21)20(11-18-15(2)7-9-25-18)16-8-10-26(22,23)13-16/h3-7,9,16H,8,10-13H2,1-2H3. The largest absolute Gasteiger partial charge is 0.484 e. The molecule has 1 aromatic carbocycles. The van der Waals surface area contributed by atoms with Crippen LogP contribution in [0, 0.1) is 13.8 Å². The third kappa shape index (κ3) is 4.45. The van der Waals surface area contributed by atoms with E-state index in [9.17, 15) is 13.2 Å². The van der Waals surface area contributed by atoms with Crippen LogP contribution >= 0.6 is 11.3 Å². The lowest BCUT2D eigenvalue weighted by molar-refractivity contribution is -0.135. The molecule has 0 saturated carbocycles. The summed E-state index contributed by atoms with van der Waals surface area (Å²) in [5.41, 5.74) is 2.08. The number of ether oxygens (including phenoxy) is 1. The molecule has 1 aromatic heterocycles. The third-order valence-electron chi connectivity index (χ3n) is 4.70. The van der Waals surface area contributed by atoms with Gasteiger partial charge in [-0.15, -0.1) is 11.3 Å². The molecule has 1 amide bonds. The van der Waals surface area contributed by atoms with Crippen LogP contribution in [0.2, 0.25) is 0 Å². The van der Waals surface area contributed by atoms with E-state index in [1.165, 1.54) is 0 Å². The van der Waals surface area contributed by atoms with Crippen LogP contribution in [0.15, 0.2) is 35.7 Å². The Morgan fingerprint density at radius 3 is 2.62 bits per heavy atom. The molecule has 2 aromatic rings. The van der Waals surface area contributed by atoms with Gasteiger partial charge in [-0.3, -0.25) is 4.79 Å². The summed E-state index contributed by atoms with van der Waals surface area (Å²) in [5, 5.41) is 1.99. The highest BCUT2D eigenvalue weighted by Gasteiger charge is 2.35. The summed E-state index contributed by atoms with van der Waals surface area (Å²) in [5.74, 6) is 0.673. The van der Waals surface area contributed by atoms with Gasteiger partial charge in [0.15, 0.2) is 16.4 Å². The van der Waals surface area contributed by atoms with Crippen molar-refractivity contribution in [2.75, 3.05) is 18.1 Å². The van der Waals surface area contributed by atoms with E-state index in [-0.39, 0.29) is 30.1 Å². The van der Waals surface area contributed by atoms with Gasteiger partial charge in [0, 0.05) is 10.9 Å². The number of thiophene rings is 1. The highest BCUT2D eigenvalue weighted by Crippen LogP contribution is 2.24. The second kappa shape index (κ2) is 7.80. The van der Waals surface area contributed by atoms with E-state index in [1.807, 2.05) is 49.6 Å². The smallest absolute Gasteiger partial charge is 0.261 e. The Kier molecular flexibility index (Phi) is 5.67. The lowest BCUT2D eigenvalue weighted by atomic mass is 10.2. The van der Waals surface area contributed by atoms with Crippen molar-refractivity contribution in [1.82, 2.24) is 4.90 Å². The monoisotopic (exact) mass is 393 g/mol. The number of rotatable bonds is 6. The van der Waals surface area contributed by atoms with E-state index in [0.717, 1.165) is 16.0 Å². The van der Waals surface area contributed by atoms with Gasteiger partial charge in [-0.05, 0) is 48.9 Å². The summed E-state index contributed by atoms with van der Waals surface area (Å²) < 4.78 is 29.5. The normalized spacial score (nSPS) is 18.6. The molecule has 26 heavy (non-hydrogen) atoms. The maximum Gasteiger partial charge on any atom is 0.261 e. The van der Waals surface area contributed by atoms with Crippen molar-refractivity contribution >= 4 is 27.1 Å². The van der Waals surface area contributed by atoms with E-state index < -0.39 is 9.84 Å². The van der Waals surface area contributed by atoms with Gasteiger partial charge in [0.1, 0.15) is 5.75 Å². The zero-order chi connectivity index (χ0) is 18.7. The second-order valence-corrected chi connectivity index (χ2v) is 9.89. The van der Waals surface area contributed by atoms with Crippen LogP contribution in [0.5, 0.6) is 5.75 Å². The van der Waals surface area contributed by atoms with E-state index in [0.29, 0.717) is 18.7 Å². The first-order chi connectivity index (χ1) is 12.4. The molecule has 3 rings (SSSR count). The van der Waals surface area contributed by atoms with Crippen LogP contribution in [-0.2, 0) is 21.2 Å². The van der Waals surface area contributed by atoms with E-state index in [1.54, 1.807) is 16.2 Å². The number of nitrogens with zero attached hydrogens (tertiary/aromatic N) is 1. The fourth-order valence-corrected chi connectivity index (χ4v) is 5.74. The minimum Gasteiger partial charge on any atom is -0.484 e. The fraction of sp³-hybridized carbons (Fsp3) is 0.421. The number of amides is 1. The van der Waals surface area contributed by atoms with Crippen molar-refractivity contribution in [1.29, 1.82) is 0 Å². The highest BCUT2D eigenvalue weighted by atomic mass is 32.2. The van der Waals surface area contributed by atoms with Crippen LogP contribution in [0.3, 0.4) is 0 Å². The zero-order valence-electron chi connectivity index (χ0n) is 15.0. The maximum absolute atomic E-state index is 12.9. The van der Waals surface area contributed by atoms with Crippen molar-refractivity contribution < 1.29 is 17.9 Å². The van der Waals surface area contributed by atoms with Gasteiger partial charge < -0.3 is 9.64 Å². The summed E-state index contributed by atoms with van der Waals surface area (Å²) >= 11 is 1.59. The van der Waals surface area contributed by atoms with Crippen LogP contribution in [-0.4, -0.2) is 43.4 Å². The average molecular weight is 394 g/mol. The Hall–Kier alpha value is -1.86. The quantitative estimate of drug-likeness (QED) is 0.757. The number of carbonyl (C=O) groups is 1. The van der Waals surface area contributed by atoms with Crippen molar-refractivity contribution in [2.24, 2.45) is 0 Å². The number of carbonyl (C=O) groups excluding carboxylic acids is 1. The summed E-state index contributed by atoms with van der Waals surface area (Å²) in [6, 6.07) is 9.27. The van der Waals surface area contributed by atoms with Crippen molar-refractivity contribution in [3.8, 4) is 5.75 Å². The third-order valence-corrected chi connectivity index (χ3v) is 7.45. The summed E-state index contributed by atoms with van der Waals surface area (Å²) in [7, 11) is -3.07. The molecule has 0 N–H and O–H groups in total. The topological polar surface area (TPSA) is 63.7 Å². The Bertz CT molecular complexity index is 888. The van der Waals surface area contributed by atoms with Crippen LogP contribution < -0.4 is 4.74 Å². The zero-order valence-corrected chi connectivity index (χ0v) is 16.6. The first kappa shape index (κ1) is 18.9. The number of hydrogen-bond donors (Lipinski definition) is 0. The molecule has 1 fully saturated rings.